The maximum Gasteiger partial charge on any atom is 0.306 e. The number of carbonyl (C=O) groups is 3. The molecule has 0 fully saturated rings. The lowest BCUT2D eigenvalue weighted by Crippen LogP contribution is -2.30. The Bertz CT molecular complexity index is 841. The predicted octanol–water partition coefficient (Wildman–Crippen LogP) is 15.4. The van der Waals surface area contributed by atoms with E-state index in [4.69, 9.17) is 14.2 Å². The van der Waals surface area contributed by atoms with Gasteiger partial charge in [0.1, 0.15) is 13.2 Å². The molecule has 0 N–H and O–H groups in total. The van der Waals surface area contributed by atoms with Crippen molar-refractivity contribution in [1.29, 1.82) is 0 Å². The predicted molar refractivity (Wildman–Crippen MR) is 233 cm³/mol. The van der Waals surface area contributed by atoms with E-state index in [1.54, 1.807) is 0 Å². The molecule has 0 spiro atoms. The highest BCUT2D eigenvalue weighted by atomic mass is 16.6. The minimum absolute atomic E-state index is 0.0652. The van der Waals surface area contributed by atoms with E-state index in [-0.39, 0.29) is 31.1 Å². The monoisotopic (exact) mass is 779 g/mol. The van der Waals surface area contributed by atoms with Crippen molar-refractivity contribution in [3.05, 3.63) is 0 Å². The van der Waals surface area contributed by atoms with Gasteiger partial charge in [0, 0.05) is 19.3 Å². The largest absolute Gasteiger partial charge is 0.462 e. The first-order valence-corrected chi connectivity index (χ1v) is 24.3. The van der Waals surface area contributed by atoms with Gasteiger partial charge in [-0.2, -0.15) is 0 Å². The molecule has 2 atom stereocenters. The first-order chi connectivity index (χ1) is 26.8. The van der Waals surface area contributed by atoms with Crippen molar-refractivity contribution in [1.82, 2.24) is 0 Å². The zero-order valence-electron chi connectivity index (χ0n) is 37.6. The van der Waals surface area contributed by atoms with Gasteiger partial charge >= 0.3 is 17.9 Å². The molecule has 0 heterocycles. The molecule has 0 aliphatic heterocycles. The van der Waals surface area contributed by atoms with E-state index < -0.39 is 6.10 Å². The highest BCUT2D eigenvalue weighted by molar-refractivity contribution is 5.71. The lowest BCUT2D eigenvalue weighted by molar-refractivity contribution is -0.167. The summed E-state index contributed by atoms with van der Waals surface area (Å²) >= 11 is 0. The van der Waals surface area contributed by atoms with E-state index in [9.17, 15) is 14.4 Å². The molecule has 0 aliphatic carbocycles. The number of ether oxygens (including phenoxy) is 3. The van der Waals surface area contributed by atoms with Crippen LogP contribution in [0, 0.1) is 11.8 Å². The zero-order chi connectivity index (χ0) is 40.5. The van der Waals surface area contributed by atoms with Crippen LogP contribution in [0.1, 0.15) is 266 Å². The summed E-state index contributed by atoms with van der Waals surface area (Å²) in [5, 5.41) is 0. The van der Waals surface area contributed by atoms with E-state index in [2.05, 4.69) is 34.6 Å². The Kier molecular flexibility index (Phi) is 40.8. The Balaban J connectivity index is 4.31. The SMILES string of the molecule is CCCCCCCCCCCCCCCCC(=O)O[C@H](COC(=O)CCCCCCCCCCCCC(C)CC)COC(=O)CCCCCCCCC(C)C. The second kappa shape index (κ2) is 42.0. The molecule has 0 aromatic rings. The molecular weight excluding hydrogens is 685 g/mol. The minimum atomic E-state index is -0.761. The van der Waals surface area contributed by atoms with Crippen molar-refractivity contribution in [3.63, 3.8) is 0 Å². The van der Waals surface area contributed by atoms with Crippen LogP contribution in [0.5, 0.6) is 0 Å². The maximum absolute atomic E-state index is 12.7. The first kappa shape index (κ1) is 53.4. The summed E-state index contributed by atoms with van der Waals surface area (Å²) in [6, 6.07) is 0. The number of hydrogen-bond acceptors (Lipinski definition) is 6. The van der Waals surface area contributed by atoms with Crippen LogP contribution in [0.4, 0.5) is 0 Å². The molecule has 0 aliphatic rings. The number of carbonyl (C=O) groups excluding carboxylic acids is 3. The third kappa shape index (κ3) is 41.9. The number of esters is 3. The van der Waals surface area contributed by atoms with E-state index >= 15 is 0 Å². The molecule has 0 saturated carbocycles. The standard InChI is InChI=1S/C49H94O6/c1-6-8-9-10-11-12-13-14-15-16-21-24-31-36-41-49(52)55-46(43-54-48(51)40-35-30-26-25-27-32-37-44(3)4)42-53-47(50)39-34-29-23-20-18-17-19-22-28-33-38-45(5)7-2/h44-46H,6-43H2,1-5H3/t45?,46-/m1/s1. The van der Waals surface area contributed by atoms with Gasteiger partial charge in [-0.15, -0.1) is 0 Å². The highest BCUT2D eigenvalue weighted by Crippen LogP contribution is 2.17. The summed E-state index contributed by atoms with van der Waals surface area (Å²) < 4.78 is 16.7. The summed E-state index contributed by atoms with van der Waals surface area (Å²) in [5.74, 6) is 0.775. The molecule has 0 radical (unpaired) electrons. The van der Waals surface area contributed by atoms with Gasteiger partial charge in [0.25, 0.3) is 0 Å². The van der Waals surface area contributed by atoms with Crippen LogP contribution in [0.3, 0.4) is 0 Å². The van der Waals surface area contributed by atoms with Gasteiger partial charge in [-0.25, -0.2) is 0 Å². The molecule has 1 unspecified atom stereocenters. The second-order valence-corrected chi connectivity index (χ2v) is 17.5. The summed E-state index contributed by atoms with van der Waals surface area (Å²) in [4.78, 5) is 37.8. The van der Waals surface area contributed by atoms with Crippen molar-refractivity contribution in [3.8, 4) is 0 Å². The molecule has 6 heteroatoms. The molecule has 0 saturated heterocycles. The summed E-state index contributed by atoms with van der Waals surface area (Å²) in [6.07, 6.45) is 40.9. The van der Waals surface area contributed by atoms with Crippen LogP contribution in [0.25, 0.3) is 0 Å². The topological polar surface area (TPSA) is 78.9 Å². The maximum atomic E-state index is 12.7. The van der Waals surface area contributed by atoms with Crippen molar-refractivity contribution >= 4 is 17.9 Å². The molecule has 0 aromatic carbocycles. The van der Waals surface area contributed by atoms with Gasteiger partial charge in [-0.3, -0.25) is 14.4 Å². The van der Waals surface area contributed by atoms with Crippen LogP contribution in [0.15, 0.2) is 0 Å². The van der Waals surface area contributed by atoms with Gasteiger partial charge < -0.3 is 14.2 Å². The van der Waals surface area contributed by atoms with Crippen LogP contribution in [0.2, 0.25) is 0 Å². The molecule has 0 rings (SSSR count). The Morgan fingerprint density at radius 1 is 0.382 bits per heavy atom. The van der Waals surface area contributed by atoms with Crippen molar-refractivity contribution in [2.24, 2.45) is 11.8 Å². The van der Waals surface area contributed by atoms with Gasteiger partial charge in [-0.05, 0) is 31.1 Å². The third-order valence-corrected chi connectivity index (χ3v) is 11.3. The number of unbranched alkanes of at least 4 members (excludes halogenated alkanes) is 27. The normalized spacial score (nSPS) is 12.5. The van der Waals surface area contributed by atoms with Crippen LogP contribution >= 0.6 is 0 Å². The quantitative estimate of drug-likeness (QED) is 0.0348. The van der Waals surface area contributed by atoms with Gasteiger partial charge in [0.15, 0.2) is 6.10 Å². The molecule has 326 valence electrons. The minimum Gasteiger partial charge on any atom is -0.462 e. The fourth-order valence-corrected chi connectivity index (χ4v) is 7.25. The Labute approximate surface area is 342 Å². The lowest BCUT2D eigenvalue weighted by Gasteiger charge is -2.18. The average Bonchev–Trinajstić information content (AvgIpc) is 3.17. The van der Waals surface area contributed by atoms with E-state index in [0.29, 0.717) is 19.3 Å². The number of hydrogen-bond donors (Lipinski definition) is 0. The van der Waals surface area contributed by atoms with Gasteiger partial charge in [-0.1, -0.05) is 227 Å². The van der Waals surface area contributed by atoms with E-state index in [1.807, 2.05) is 0 Å². The van der Waals surface area contributed by atoms with E-state index in [1.165, 1.54) is 154 Å². The summed E-state index contributed by atoms with van der Waals surface area (Å²) in [5.41, 5.74) is 0. The summed E-state index contributed by atoms with van der Waals surface area (Å²) in [6.45, 7) is 11.3. The van der Waals surface area contributed by atoms with Gasteiger partial charge in [0.2, 0.25) is 0 Å². The molecule has 0 aromatic heterocycles. The average molecular weight is 779 g/mol. The van der Waals surface area contributed by atoms with Crippen LogP contribution < -0.4 is 0 Å². The van der Waals surface area contributed by atoms with Crippen molar-refractivity contribution < 1.29 is 28.6 Å². The molecule has 6 nitrogen and oxygen atoms in total. The molecular formula is C49H94O6. The summed E-state index contributed by atoms with van der Waals surface area (Å²) in [7, 11) is 0. The highest BCUT2D eigenvalue weighted by Gasteiger charge is 2.19. The smallest absolute Gasteiger partial charge is 0.306 e. The molecule has 55 heavy (non-hydrogen) atoms. The van der Waals surface area contributed by atoms with Crippen LogP contribution in [-0.4, -0.2) is 37.2 Å². The van der Waals surface area contributed by atoms with E-state index in [0.717, 1.165) is 69.6 Å². The first-order valence-electron chi connectivity index (χ1n) is 24.3. The fourth-order valence-electron chi connectivity index (χ4n) is 7.25. The van der Waals surface area contributed by atoms with Crippen molar-refractivity contribution in [2.75, 3.05) is 13.2 Å². The van der Waals surface area contributed by atoms with Crippen LogP contribution in [-0.2, 0) is 28.6 Å². The Hall–Kier alpha value is -1.59. The second-order valence-electron chi connectivity index (χ2n) is 17.5. The van der Waals surface area contributed by atoms with Crippen molar-refractivity contribution in [2.45, 2.75) is 272 Å². The van der Waals surface area contributed by atoms with Gasteiger partial charge in [0.05, 0.1) is 0 Å². The Morgan fingerprint density at radius 3 is 1.04 bits per heavy atom. The zero-order valence-corrected chi connectivity index (χ0v) is 37.6. The fraction of sp³-hybridized carbons (Fsp3) is 0.939. The third-order valence-electron chi connectivity index (χ3n) is 11.3. The molecule has 0 bridgehead atoms. The Morgan fingerprint density at radius 2 is 0.691 bits per heavy atom. The molecule has 0 amide bonds. The number of rotatable bonds is 43. The lowest BCUT2D eigenvalue weighted by atomic mass is 9.99.